The van der Waals surface area contributed by atoms with Crippen LogP contribution in [0.5, 0.6) is 5.75 Å². The number of halogens is 1. The van der Waals surface area contributed by atoms with E-state index in [9.17, 15) is 20.0 Å². The number of aliphatic hydroxyl groups excluding tert-OH is 1. The Labute approximate surface area is 312 Å². The molecule has 0 aliphatic carbocycles. The molecule has 4 aromatic rings. The zero-order valence-electron chi connectivity index (χ0n) is 29.1. The number of carbonyl (C=O) groups is 2. The van der Waals surface area contributed by atoms with Crippen molar-refractivity contribution in [3.63, 3.8) is 0 Å². The van der Waals surface area contributed by atoms with Crippen LogP contribution in [0.25, 0.3) is 0 Å². The highest BCUT2D eigenvalue weighted by atomic mass is 127. The van der Waals surface area contributed by atoms with Gasteiger partial charge < -0.3 is 24.4 Å². The third-order valence-corrected chi connectivity index (χ3v) is 15.7. The molecule has 6 rings (SSSR count). The van der Waals surface area contributed by atoms with Gasteiger partial charge in [-0.25, -0.2) is 0 Å². The summed E-state index contributed by atoms with van der Waals surface area (Å²) in [5, 5.41) is 23.2. The van der Waals surface area contributed by atoms with Crippen molar-refractivity contribution in [2.75, 3.05) is 25.2 Å². The maximum atomic E-state index is 15.1. The number of hydrogen-bond acceptors (Lipinski definition) is 7. The van der Waals surface area contributed by atoms with Crippen LogP contribution < -0.4 is 14.8 Å². The molecular formula is C39H42IN3O7Si. The summed E-state index contributed by atoms with van der Waals surface area (Å²) in [7, 11) is -0.972. The van der Waals surface area contributed by atoms with Crippen molar-refractivity contribution in [3.8, 4) is 5.75 Å². The topological polar surface area (TPSA) is 122 Å². The van der Waals surface area contributed by atoms with Gasteiger partial charge in [0.25, 0.3) is 11.6 Å². The number of hydrogen-bond donors (Lipinski definition) is 1. The maximum absolute atomic E-state index is 15.1. The largest absolute Gasteiger partial charge is 0.497 e. The number of ether oxygens (including phenoxy) is 2. The molecule has 4 aromatic carbocycles. The Bertz CT molecular complexity index is 1910. The van der Waals surface area contributed by atoms with Crippen LogP contribution in [0.3, 0.4) is 0 Å². The predicted octanol–water partition coefficient (Wildman–Crippen LogP) is 6.38. The normalized spacial score (nSPS) is 21.2. The number of methoxy groups -OCH3 is 1. The van der Waals surface area contributed by atoms with Crippen LogP contribution in [-0.4, -0.2) is 61.2 Å². The van der Waals surface area contributed by atoms with Gasteiger partial charge in [0.2, 0.25) is 5.91 Å². The van der Waals surface area contributed by atoms with Crippen LogP contribution in [0, 0.1) is 19.6 Å². The summed E-state index contributed by atoms with van der Waals surface area (Å²) < 4.78 is 13.6. The molecule has 1 fully saturated rings. The SMILES string of the molecule is COc1ccc([Si](C)(C)[C@H]2[C@H](CC(=O)N(CCO)Cc3ccccc3)O[C@@]3(C(=O)N(Cc4ccc(I)cc4)c4ccc([N+](=O)[O-])cc43)[C@@H]2C)cc1. The van der Waals surface area contributed by atoms with E-state index in [0.717, 1.165) is 25.6 Å². The van der Waals surface area contributed by atoms with Gasteiger partial charge in [-0.05, 0) is 69.6 Å². The number of aliphatic hydroxyl groups is 1. The minimum atomic E-state index is -2.59. The molecule has 4 atom stereocenters. The van der Waals surface area contributed by atoms with Crippen molar-refractivity contribution < 1.29 is 29.1 Å². The predicted molar refractivity (Wildman–Crippen MR) is 207 cm³/mol. The summed E-state index contributed by atoms with van der Waals surface area (Å²) in [5.41, 5.74) is 0.918. The fourth-order valence-electron chi connectivity index (χ4n) is 8.06. The van der Waals surface area contributed by atoms with Gasteiger partial charge in [-0.1, -0.05) is 79.8 Å². The van der Waals surface area contributed by atoms with Crippen molar-refractivity contribution in [2.24, 2.45) is 5.92 Å². The third-order valence-electron chi connectivity index (χ3n) is 10.6. The summed E-state index contributed by atoms with van der Waals surface area (Å²) in [6.45, 7) is 6.96. The van der Waals surface area contributed by atoms with Crippen LogP contribution in [0.2, 0.25) is 18.6 Å². The molecule has 2 aliphatic rings. The minimum absolute atomic E-state index is 0.0230. The second kappa shape index (κ2) is 14.9. The summed E-state index contributed by atoms with van der Waals surface area (Å²) in [6.07, 6.45) is -0.715. The van der Waals surface area contributed by atoms with Crippen LogP contribution >= 0.6 is 22.6 Å². The van der Waals surface area contributed by atoms with Gasteiger partial charge in [-0.15, -0.1) is 0 Å². The van der Waals surface area contributed by atoms with Gasteiger partial charge in [0.05, 0.1) is 51.5 Å². The smallest absolute Gasteiger partial charge is 0.269 e. The standard InChI is InChI=1S/C39H42IN3O7Si/c1-26-37(51(3,4)32-17-15-31(49-2)16-18-32)35(23-36(45)41(20-21-44)24-27-8-6-5-7-9-27)50-39(26)33-22-30(43(47)48)14-19-34(33)42(38(39)46)25-28-10-12-29(40)13-11-28/h5-19,22,26,35,37,44H,20-21,23-25H2,1-4H3/t26-,35+,37-,39+/m1/s1. The first-order valence-electron chi connectivity index (χ1n) is 17.0. The highest BCUT2D eigenvalue weighted by Crippen LogP contribution is 2.60. The molecule has 0 radical (unpaired) electrons. The van der Waals surface area contributed by atoms with Crippen LogP contribution in [-0.2, 0) is 33.0 Å². The Morgan fingerprint density at radius 1 is 1.04 bits per heavy atom. The molecule has 0 unspecified atom stereocenters. The molecule has 2 amide bonds. The average molecular weight is 820 g/mol. The van der Waals surface area contributed by atoms with E-state index < -0.39 is 30.6 Å². The maximum Gasteiger partial charge on any atom is 0.269 e. The first kappa shape index (κ1) is 36.7. The van der Waals surface area contributed by atoms with Gasteiger partial charge in [0, 0.05) is 40.3 Å². The molecule has 1 saturated heterocycles. The molecule has 1 N–H and O–H groups in total. The Morgan fingerprint density at radius 3 is 2.35 bits per heavy atom. The van der Waals surface area contributed by atoms with E-state index in [-0.39, 0.29) is 49.2 Å². The highest BCUT2D eigenvalue weighted by molar-refractivity contribution is 14.1. The molecule has 266 valence electrons. The molecule has 10 nitrogen and oxygen atoms in total. The van der Waals surface area contributed by atoms with Crippen LogP contribution in [0.15, 0.2) is 97.1 Å². The quantitative estimate of drug-likeness (QED) is 0.0762. The monoisotopic (exact) mass is 819 g/mol. The lowest BCUT2D eigenvalue weighted by Crippen LogP contribution is -2.52. The zero-order chi connectivity index (χ0) is 36.5. The van der Waals surface area contributed by atoms with E-state index in [1.807, 2.05) is 85.8 Å². The Kier molecular flexibility index (Phi) is 10.7. The van der Waals surface area contributed by atoms with Gasteiger partial charge >= 0.3 is 0 Å². The first-order valence-corrected chi connectivity index (χ1v) is 21.2. The molecule has 0 saturated carbocycles. The van der Waals surface area contributed by atoms with E-state index in [1.54, 1.807) is 23.0 Å². The Morgan fingerprint density at radius 2 is 1.73 bits per heavy atom. The number of carbonyl (C=O) groups excluding carboxylic acids is 2. The van der Waals surface area contributed by atoms with E-state index >= 15 is 4.79 Å². The molecule has 2 heterocycles. The number of fused-ring (bicyclic) bond motifs is 2. The first-order chi connectivity index (χ1) is 24.4. The summed E-state index contributed by atoms with van der Waals surface area (Å²) >= 11 is 2.24. The molecule has 0 bridgehead atoms. The number of nitro benzene ring substituents is 1. The van der Waals surface area contributed by atoms with Crippen molar-refractivity contribution >= 4 is 59.0 Å². The number of benzene rings is 4. The second-order valence-electron chi connectivity index (χ2n) is 13.9. The number of anilines is 1. The Hall–Kier alpha value is -4.11. The lowest BCUT2D eigenvalue weighted by molar-refractivity contribution is -0.385. The van der Waals surface area contributed by atoms with E-state index in [0.29, 0.717) is 17.8 Å². The fourth-order valence-corrected chi connectivity index (χ4v) is 12.4. The summed E-state index contributed by atoms with van der Waals surface area (Å²) in [5.74, 6) is -0.219. The van der Waals surface area contributed by atoms with E-state index in [1.165, 1.54) is 12.1 Å². The Balaban J connectivity index is 1.45. The van der Waals surface area contributed by atoms with E-state index in [4.69, 9.17) is 9.47 Å². The van der Waals surface area contributed by atoms with Gasteiger partial charge in [-0.2, -0.15) is 0 Å². The lowest BCUT2D eigenvalue weighted by atomic mass is 9.82. The van der Waals surface area contributed by atoms with Gasteiger partial charge in [-0.3, -0.25) is 19.7 Å². The molecular weight excluding hydrogens is 777 g/mol. The van der Waals surface area contributed by atoms with Crippen molar-refractivity contribution in [3.05, 3.63) is 127 Å². The second-order valence-corrected chi connectivity index (χ2v) is 19.8. The number of nitrogens with zero attached hydrogens (tertiary/aromatic N) is 3. The molecule has 2 aliphatic heterocycles. The molecule has 51 heavy (non-hydrogen) atoms. The minimum Gasteiger partial charge on any atom is -0.497 e. The van der Waals surface area contributed by atoms with Gasteiger partial charge in [0.15, 0.2) is 5.60 Å². The van der Waals surface area contributed by atoms with Crippen LogP contribution in [0.1, 0.15) is 30.0 Å². The van der Waals surface area contributed by atoms with Crippen molar-refractivity contribution in [1.82, 2.24) is 4.90 Å². The number of nitro groups is 1. The molecule has 0 aromatic heterocycles. The number of amides is 2. The average Bonchev–Trinajstić information content (AvgIpc) is 3.55. The lowest BCUT2D eigenvalue weighted by Gasteiger charge is -2.37. The number of rotatable bonds is 12. The summed E-state index contributed by atoms with van der Waals surface area (Å²) in [6, 6.07) is 30.0. The zero-order valence-corrected chi connectivity index (χ0v) is 32.3. The molecule has 1 spiro atoms. The summed E-state index contributed by atoms with van der Waals surface area (Å²) in [4.78, 5) is 44.3. The van der Waals surface area contributed by atoms with Gasteiger partial charge in [0.1, 0.15) is 5.75 Å². The molecule has 12 heteroatoms. The van der Waals surface area contributed by atoms with Crippen LogP contribution in [0.4, 0.5) is 11.4 Å². The van der Waals surface area contributed by atoms with Crippen molar-refractivity contribution in [2.45, 2.75) is 56.8 Å². The third kappa shape index (κ3) is 6.94. The highest BCUT2D eigenvalue weighted by Gasteiger charge is 2.66. The fraction of sp³-hybridized carbons (Fsp3) is 0.333. The van der Waals surface area contributed by atoms with E-state index in [2.05, 4.69) is 35.7 Å². The van der Waals surface area contributed by atoms with Crippen molar-refractivity contribution in [1.29, 1.82) is 0 Å². The number of non-ortho nitro benzene ring substituents is 1.